The Bertz CT molecular complexity index is 607. The van der Waals surface area contributed by atoms with Gasteiger partial charge in [-0.15, -0.1) is 0 Å². The molecule has 5 nitrogen and oxygen atoms in total. The second-order valence-corrected chi connectivity index (χ2v) is 7.63. The van der Waals surface area contributed by atoms with Crippen molar-refractivity contribution in [2.45, 2.75) is 19.1 Å². The molecule has 1 aliphatic heterocycles. The number of hydrogen-bond acceptors (Lipinski definition) is 4. The van der Waals surface area contributed by atoms with E-state index in [4.69, 9.17) is 5.11 Å². The van der Waals surface area contributed by atoms with E-state index >= 15 is 0 Å². The average Bonchev–Trinajstić information content (AvgIpc) is 2.69. The first-order valence-electron chi connectivity index (χ1n) is 7.48. The number of aliphatic hydroxyl groups excluding tert-OH is 1. The molecule has 2 rings (SSSR count). The van der Waals surface area contributed by atoms with E-state index < -0.39 is 10.0 Å². The lowest BCUT2D eigenvalue weighted by atomic mass is 10.2. The van der Waals surface area contributed by atoms with Gasteiger partial charge in [0, 0.05) is 26.2 Å². The topological polar surface area (TPSA) is 60.9 Å². The van der Waals surface area contributed by atoms with Crippen molar-refractivity contribution in [3.05, 3.63) is 35.1 Å². The minimum absolute atomic E-state index is 0.0788. The molecule has 0 bridgehead atoms. The standard InChI is InChI=1S/C15H23FN2O3S/c1-13-3-4-14(11-15(13)16)12-22(20,21)18-6-2-5-17(7-8-18)9-10-19/h3-4,11,19H,2,5-10,12H2,1H3. The van der Waals surface area contributed by atoms with Gasteiger partial charge < -0.3 is 5.11 Å². The molecule has 0 amide bonds. The lowest BCUT2D eigenvalue weighted by Gasteiger charge is -2.21. The molecule has 0 saturated carbocycles. The number of sulfonamides is 1. The van der Waals surface area contributed by atoms with Gasteiger partial charge in [0.05, 0.1) is 12.4 Å². The third kappa shape index (κ3) is 4.49. The van der Waals surface area contributed by atoms with Gasteiger partial charge in [-0.3, -0.25) is 4.90 Å². The van der Waals surface area contributed by atoms with Crippen molar-refractivity contribution in [3.63, 3.8) is 0 Å². The third-order valence-electron chi connectivity index (χ3n) is 3.94. The van der Waals surface area contributed by atoms with Crippen LogP contribution in [0.3, 0.4) is 0 Å². The molecular weight excluding hydrogens is 307 g/mol. The SMILES string of the molecule is Cc1ccc(CS(=O)(=O)N2CCCN(CCO)CC2)cc1F. The summed E-state index contributed by atoms with van der Waals surface area (Å²) in [4.78, 5) is 2.06. The van der Waals surface area contributed by atoms with Crippen molar-refractivity contribution < 1.29 is 17.9 Å². The van der Waals surface area contributed by atoms with Gasteiger partial charge in [-0.1, -0.05) is 12.1 Å². The van der Waals surface area contributed by atoms with Crippen LogP contribution in [0.25, 0.3) is 0 Å². The Kier molecular flexibility index (Phi) is 5.91. The molecule has 124 valence electrons. The normalized spacial score (nSPS) is 18.3. The highest BCUT2D eigenvalue weighted by molar-refractivity contribution is 7.88. The Morgan fingerprint density at radius 1 is 1.23 bits per heavy atom. The van der Waals surface area contributed by atoms with E-state index in [-0.39, 0.29) is 18.2 Å². The van der Waals surface area contributed by atoms with Gasteiger partial charge >= 0.3 is 0 Å². The molecule has 1 fully saturated rings. The number of rotatable bonds is 5. The zero-order valence-corrected chi connectivity index (χ0v) is 13.6. The predicted octanol–water partition coefficient (Wildman–Crippen LogP) is 0.964. The quantitative estimate of drug-likeness (QED) is 0.874. The minimum atomic E-state index is -3.45. The number of β-amino-alcohol motifs (C(OH)–C–C–N with tert-alkyl or cyclic N) is 1. The molecule has 0 aromatic heterocycles. The molecule has 1 aromatic rings. The van der Waals surface area contributed by atoms with Crippen LogP contribution in [0.15, 0.2) is 18.2 Å². The highest BCUT2D eigenvalue weighted by Gasteiger charge is 2.25. The second kappa shape index (κ2) is 7.50. The number of halogens is 1. The second-order valence-electron chi connectivity index (χ2n) is 5.66. The van der Waals surface area contributed by atoms with Gasteiger partial charge in [-0.25, -0.2) is 17.1 Å². The summed E-state index contributed by atoms with van der Waals surface area (Å²) in [6.45, 7) is 4.58. The number of aryl methyl sites for hydroxylation is 1. The first kappa shape index (κ1) is 17.3. The van der Waals surface area contributed by atoms with E-state index in [1.54, 1.807) is 19.1 Å². The largest absolute Gasteiger partial charge is 0.395 e. The van der Waals surface area contributed by atoms with Gasteiger partial charge in [0.25, 0.3) is 0 Å². The molecule has 0 unspecified atom stereocenters. The fraction of sp³-hybridized carbons (Fsp3) is 0.600. The number of hydrogen-bond donors (Lipinski definition) is 1. The first-order valence-corrected chi connectivity index (χ1v) is 9.09. The van der Waals surface area contributed by atoms with Crippen LogP contribution in [0.2, 0.25) is 0 Å². The molecule has 1 saturated heterocycles. The fourth-order valence-corrected chi connectivity index (χ4v) is 4.17. The molecule has 1 N–H and O–H groups in total. The van der Waals surface area contributed by atoms with Crippen molar-refractivity contribution >= 4 is 10.0 Å². The van der Waals surface area contributed by atoms with Gasteiger partial charge in [0.2, 0.25) is 10.0 Å². The maximum absolute atomic E-state index is 13.6. The van der Waals surface area contributed by atoms with Crippen LogP contribution in [-0.2, 0) is 15.8 Å². The number of benzene rings is 1. The first-order chi connectivity index (χ1) is 10.4. The molecule has 0 radical (unpaired) electrons. The Morgan fingerprint density at radius 3 is 2.68 bits per heavy atom. The van der Waals surface area contributed by atoms with Crippen LogP contribution >= 0.6 is 0 Å². The van der Waals surface area contributed by atoms with E-state index in [1.165, 1.54) is 10.4 Å². The predicted molar refractivity (Wildman–Crippen MR) is 83.5 cm³/mol. The lowest BCUT2D eigenvalue weighted by Crippen LogP contribution is -2.36. The zero-order chi connectivity index (χ0) is 16.2. The Labute approximate surface area is 131 Å². The van der Waals surface area contributed by atoms with E-state index in [1.807, 2.05) is 0 Å². The maximum atomic E-state index is 13.6. The van der Waals surface area contributed by atoms with Gasteiger partial charge in [0.15, 0.2) is 0 Å². The lowest BCUT2D eigenvalue weighted by molar-refractivity contribution is 0.202. The van der Waals surface area contributed by atoms with Crippen LogP contribution in [0, 0.1) is 12.7 Å². The van der Waals surface area contributed by atoms with Gasteiger partial charge in [-0.05, 0) is 37.1 Å². The van der Waals surface area contributed by atoms with Crippen molar-refractivity contribution in [3.8, 4) is 0 Å². The van der Waals surface area contributed by atoms with Crippen LogP contribution < -0.4 is 0 Å². The summed E-state index contributed by atoms with van der Waals surface area (Å²) < 4.78 is 40.0. The molecule has 0 aliphatic carbocycles. The van der Waals surface area contributed by atoms with E-state index in [0.717, 1.165) is 13.0 Å². The summed E-state index contributed by atoms with van der Waals surface area (Å²) in [5.74, 6) is -0.554. The molecule has 7 heteroatoms. The summed E-state index contributed by atoms with van der Waals surface area (Å²) in [7, 11) is -3.45. The fourth-order valence-electron chi connectivity index (χ4n) is 2.62. The molecule has 0 atom stereocenters. The highest BCUT2D eigenvalue weighted by atomic mass is 32.2. The molecule has 1 aliphatic rings. The smallest absolute Gasteiger partial charge is 0.218 e. The summed E-state index contributed by atoms with van der Waals surface area (Å²) >= 11 is 0. The number of nitrogens with zero attached hydrogens (tertiary/aromatic N) is 2. The van der Waals surface area contributed by atoms with E-state index in [2.05, 4.69) is 4.90 Å². The van der Waals surface area contributed by atoms with Crippen LogP contribution in [0.1, 0.15) is 17.5 Å². The molecule has 22 heavy (non-hydrogen) atoms. The van der Waals surface area contributed by atoms with Crippen molar-refractivity contribution in [2.75, 3.05) is 39.3 Å². The van der Waals surface area contributed by atoms with Gasteiger partial charge in [0.1, 0.15) is 5.82 Å². The van der Waals surface area contributed by atoms with Crippen LogP contribution in [0.5, 0.6) is 0 Å². The highest BCUT2D eigenvalue weighted by Crippen LogP contribution is 2.16. The van der Waals surface area contributed by atoms with Crippen molar-refractivity contribution in [2.24, 2.45) is 0 Å². The monoisotopic (exact) mass is 330 g/mol. The zero-order valence-electron chi connectivity index (χ0n) is 12.8. The number of aliphatic hydroxyl groups is 1. The van der Waals surface area contributed by atoms with Crippen molar-refractivity contribution in [1.82, 2.24) is 9.21 Å². The molecule has 0 spiro atoms. The van der Waals surface area contributed by atoms with E-state index in [9.17, 15) is 12.8 Å². The summed E-state index contributed by atoms with van der Waals surface area (Å²) in [5.41, 5.74) is 0.982. The molecule has 1 aromatic carbocycles. The molecular formula is C15H23FN2O3S. The summed E-state index contributed by atoms with van der Waals surface area (Å²) in [6.07, 6.45) is 0.738. The average molecular weight is 330 g/mol. The van der Waals surface area contributed by atoms with Crippen molar-refractivity contribution in [1.29, 1.82) is 0 Å². The van der Waals surface area contributed by atoms with Crippen LogP contribution in [0.4, 0.5) is 4.39 Å². The third-order valence-corrected chi connectivity index (χ3v) is 5.79. The Balaban J connectivity index is 2.04. The Hall–Kier alpha value is -1.02. The maximum Gasteiger partial charge on any atom is 0.218 e. The minimum Gasteiger partial charge on any atom is -0.395 e. The van der Waals surface area contributed by atoms with Crippen LogP contribution in [-0.4, -0.2) is 62.1 Å². The summed E-state index contributed by atoms with van der Waals surface area (Å²) in [6, 6.07) is 4.56. The summed E-state index contributed by atoms with van der Waals surface area (Å²) in [5, 5.41) is 8.97. The Morgan fingerprint density at radius 2 is 2.00 bits per heavy atom. The van der Waals surface area contributed by atoms with E-state index in [0.29, 0.717) is 37.3 Å². The van der Waals surface area contributed by atoms with Gasteiger partial charge in [-0.2, -0.15) is 0 Å². The molecule has 1 heterocycles.